The lowest BCUT2D eigenvalue weighted by Gasteiger charge is -2.17. The summed E-state index contributed by atoms with van der Waals surface area (Å²) in [5, 5.41) is 5.14. The van der Waals surface area contributed by atoms with Gasteiger partial charge in [-0.25, -0.2) is 13.6 Å². The number of primary sulfonamides is 1. The van der Waals surface area contributed by atoms with Crippen LogP contribution in [0.2, 0.25) is 0 Å². The maximum Gasteiger partial charge on any atom is 0.238 e. The van der Waals surface area contributed by atoms with Gasteiger partial charge in [-0.05, 0) is 29.3 Å². The monoisotopic (exact) mass is 413 g/mol. The van der Waals surface area contributed by atoms with E-state index in [-0.39, 0.29) is 11.0 Å². The molecule has 0 amide bonds. The third kappa shape index (κ3) is 4.76. The smallest absolute Gasteiger partial charge is 0.238 e. The summed E-state index contributed by atoms with van der Waals surface area (Å²) < 4.78 is 39.5. The van der Waals surface area contributed by atoms with Gasteiger partial charge in [0.25, 0.3) is 0 Å². The topological polar surface area (TPSA) is 87.8 Å². The minimum atomic E-state index is -3.72. The molecule has 0 fully saturated rings. The number of rotatable bonds is 7. The van der Waals surface area contributed by atoms with E-state index in [4.69, 9.17) is 19.3 Å². The number of hydrogen-bond acceptors (Lipinski definition) is 5. The van der Waals surface area contributed by atoms with Crippen LogP contribution in [0.4, 0.5) is 0 Å². The molecule has 0 saturated heterocycles. The Morgan fingerprint density at radius 3 is 2.41 bits per heavy atom. The molecule has 0 saturated carbocycles. The summed E-state index contributed by atoms with van der Waals surface area (Å²) in [6, 6.07) is 10.0. The molecule has 0 aliphatic carbocycles. The molecule has 0 aromatic heterocycles. The van der Waals surface area contributed by atoms with E-state index in [0.717, 1.165) is 16.7 Å². The van der Waals surface area contributed by atoms with Gasteiger partial charge in [-0.15, -0.1) is 0 Å². The van der Waals surface area contributed by atoms with Crippen LogP contribution in [-0.4, -0.2) is 29.2 Å². The first-order valence-electron chi connectivity index (χ1n) is 8.88. The van der Waals surface area contributed by atoms with Crippen LogP contribution in [-0.2, 0) is 14.8 Å². The number of hydrogen-bond donors (Lipinski definition) is 1. The fraction of sp³-hybridized carbons (Fsp3) is 0.182. The molecule has 6 nitrogen and oxygen atoms in total. The number of ether oxygens (including phenoxy) is 3. The van der Waals surface area contributed by atoms with Gasteiger partial charge in [-0.1, -0.05) is 43.0 Å². The molecule has 152 valence electrons. The van der Waals surface area contributed by atoms with Gasteiger partial charge in [-0.3, -0.25) is 0 Å². The van der Waals surface area contributed by atoms with E-state index >= 15 is 0 Å². The van der Waals surface area contributed by atoms with Gasteiger partial charge in [-0.2, -0.15) is 0 Å². The zero-order valence-electron chi connectivity index (χ0n) is 16.3. The first-order chi connectivity index (χ1) is 13.8. The fourth-order valence-corrected chi connectivity index (χ4v) is 3.55. The Labute approximate surface area is 171 Å². The maximum absolute atomic E-state index is 11.4. The van der Waals surface area contributed by atoms with Crippen LogP contribution in [0.5, 0.6) is 11.5 Å². The minimum Gasteiger partial charge on any atom is -0.496 e. The van der Waals surface area contributed by atoms with Crippen molar-refractivity contribution in [3.63, 3.8) is 0 Å². The van der Waals surface area contributed by atoms with Crippen molar-refractivity contribution >= 4 is 21.7 Å². The molecule has 29 heavy (non-hydrogen) atoms. The van der Waals surface area contributed by atoms with Crippen molar-refractivity contribution in [3.05, 3.63) is 77.9 Å². The largest absolute Gasteiger partial charge is 0.496 e. The van der Waals surface area contributed by atoms with E-state index in [2.05, 4.69) is 6.58 Å². The molecule has 1 unspecified atom stereocenters. The number of nitrogens with two attached hydrogens (primary N) is 1. The Balaban J connectivity index is 1.89. The molecule has 1 aliphatic heterocycles. The quantitative estimate of drug-likeness (QED) is 0.552. The molecule has 2 N–H and O–H groups in total. The molecule has 2 aromatic rings. The maximum atomic E-state index is 11.4. The Bertz CT molecular complexity index is 1070. The Kier molecular flexibility index (Phi) is 6.22. The Morgan fingerprint density at radius 1 is 1.17 bits per heavy atom. The van der Waals surface area contributed by atoms with Crippen molar-refractivity contribution < 1.29 is 22.6 Å². The summed E-state index contributed by atoms with van der Waals surface area (Å²) in [7, 11) is -0.516. The molecule has 7 heteroatoms. The van der Waals surface area contributed by atoms with Crippen molar-refractivity contribution in [1.82, 2.24) is 0 Å². The minimum absolute atomic E-state index is 0.0594. The average Bonchev–Trinajstić information content (AvgIpc) is 3.25. The summed E-state index contributed by atoms with van der Waals surface area (Å²) >= 11 is 0. The van der Waals surface area contributed by atoms with Crippen molar-refractivity contribution in [2.24, 2.45) is 5.14 Å². The van der Waals surface area contributed by atoms with Crippen LogP contribution >= 0.6 is 0 Å². The van der Waals surface area contributed by atoms with Crippen molar-refractivity contribution in [1.29, 1.82) is 0 Å². The summed E-state index contributed by atoms with van der Waals surface area (Å²) in [6.07, 6.45) is 7.51. The van der Waals surface area contributed by atoms with E-state index in [0.29, 0.717) is 23.7 Å². The van der Waals surface area contributed by atoms with Crippen molar-refractivity contribution in [3.8, 4) is 11.5 Å². The van der Waals surface area contributed by atoms with Crippen molar-refractivity contribution in [2.75, 3.05) is 20.8 Å². The molecular weight excluding hydrogens is 390 g/mol. The van der Waals surface area contributed by atoms with E-state index in [1.165, 1.54) is 12.1 Å². The van der Waals surface area contributed by atoms with Crippen LogP contribution < -0.4 is 14.6 Å². The zero-order chi connectivity index (χ0) is 21.0. The molecule has 1 atom stereocenters. The van der Waals surface area contributed by atoms with E-state index in [1.807, 2.05) is 36.4 Å². The van der Waals surface area contributed by atoms with Gasteiger partial charge in [0.2, 0.25) is 10.0 Å². The highest BCUT2D eigenvalue weighted by Crippen LogP contribution is 2.37. The standard InChI is InChI=1S/C22H23NO5S/c1-15(16-8-10-18(11-9-16)29(23,24)25)6-7-17-13-19(20-5-4-12-28-20)22(27-3)14-21(17)26-2/h4-11,13-14,20H,1,12H2,2-3H3,(H2,23,24,25)/b7-6+. The van der Waals surface area contributed by atoms with Gasteiger partial charge in [0.1, 0.15) is 17.6 Å². The molecule has 2 aromatic carbocycles. The second-order valence-electron chi connectivity index (χ2n) is 6.45. The van der Waals surface area contributed by atoms with Gasteiger partial charge >= 0.3 is 0 Å². The average molecular weight is 413 g/mol. The van der Waals surface area contributed by atoms with E-state index < -0.39 is 10.0 Å². The highest BCUT2D eigenvalue weighted by Gasteiger charge is 2.19. The third-order valence-corrected chi connectivity index (χ3v) is 5.52. The Morgan fingerprint density at radius 2 is 1.86 bits per heavy atom. The number of benzene rings is 2. The third-order valence-electron chi connectivity index (χ3n) is 4.59. The lowest BCUT2D eigenvalue weighted by atomic mass is 10.0. The van der Waals surface area contributed by atoms with E-state index in [9.17, 15) is 8.42 Å². The van der Waals surface area contributed by atoms with Crippen LogP contribution in [0.3, 0.4) is 0 Å². The highest BCUT2D eigenvalue weighted by molar-refractivity contribution is 7.89. The molecule has 1 heterocycles. The van der Waals surface area contributed by atoms with Crippen molar-refractivity contribution in [2.45, 2.75) is 11.0 Å². The first-order valence-corrected chi connectivity index (χ1v) is 10.4. The summed E-state index contributed by atoms with van der Waals surface area (Å²) in [5.74, 6) is 1.34. The van der Waals surface area contributed by atoms with Gasteiger partial charge in [0, 0.05) is 17.2 Å². The molecule has 0 spiro atoms. The second kappa shape index (κ2) is 8.65. The predicted molar refractivity (Wildman–Crippen MR) is 113 cm³/mol. The van der Waals surface area contributed by atoms with Crippen LogP contribution in [0.25, 0.3) is 11.6 Å². The number of allylic oxidation sites excluding steroid dienone is 2. The highest BCUT2D eigenvalue weighted by atomic mass is 32.2. The number of methoxy groups -OCH3 is 2. The zero-order valence-corrected chi connectivity index (χ0v) is 17.1. The van der Waals surface area contributed by atoms with Crippen LogP contribution in [0, 0.1) is 0 Å². The fourth-order valence-electron chi connectivity index (χ4n) is 3.03. The van der Waals surface area contributed by atoms with Gasteiger partial charge in [0.15, 0.2) is 0 Å². The molecule has 0 bridgehead atoms. The van der Waals surface area contributed by atoms with Gasteiger partial charge < -0.3 is 14.2 Å². The first kappa shape index (κ1) is 20.9. The molecular formula is C22H23NO5S. The summed E-state index contributed by atoms with van der Waals surface area (Å²) in [5.41, 5.74) is 3.24. The SMILES string of the molecule is C=C(/C=C/c1cc(C2C=CCO2)c(OC)cc1OC)c1ccc(S(N)(=O)=O)cc1. The molecule has 3 rings (SSSR count). The lowest BCUT2D eigenvalue weighted by molar-refractivity contribution is 0.127. The lowest BCUT2D eigenvalue weighted by Crippen LogP contribution is -2.11. The predicted octanol–water partition coefficient (Wildman–Crippen LogP) is 3.71. The molecule has 1 aliphatic rings. The number of sulfonamides is 1. The van der Waals surface area contributed by atoms with E-state index in [1.54, 1.807) is 26.4 Å². The van der Waals surface area contributed by atoms with Crippen LogP contribution in [0.1, 0.15) is 22.8 Å². The van der Waals surface area contributed by atoms with Gasteiger partial charge in [0.05, 0.1) is 25.7 Å². The second-order valence-corrected chi connectivity index (χ2v) is 8.01. The Hall–Kier alpha value is -2.87. The summed E-state index contributed by atoms with van der Waals surface area (Å²) in [4.78, 5) is 0.0594. The normalized spacial score (nSPS) is 16.3. The van der Waals surface area contributed by atoms with Crippen LogP contribution in [0.15, 0.2) is 66.1 Å². The summed E-state index contributed by atoms with van der Waals surface area (Å²) in [6.45, 7) is 4.62. The molecule has 0 radical (unpaired) electrons.